The first-order chi connectivity index (χ1) is 8.34. The molecule has 18 heavy (non-hydrogen) atoms. The lowest BCUT2D eigenvalue weighted by Crippen LogP contribution is -2.13. The van der Waals surface area contributed by atoms with Gasteiger partial charge < -0.3 is 10.1 Å². The first-order valence-electron chi connectivity index (χ1n) is 5.15. The van der Waals surface area contributed by atoms with Crippen molar-refractivity contribution in [1.29, 1.82) is 0 Å². The monoisotopic (exact) mass is 259 g/mol. The van der Waals surface area contributed by atoms with E-state index in [2.05, 4.69) is 16.6 Å². The van der Waals surface area contributed by atoms with E-state index in [1.165, 1.54) is 12.1 Å². The van der Waals surface area contributed by atoms with E-state index in [0.29, 0.717) is 5.69 Å². The second-order valence-electron chi connectivity index (χ2n) is 3.40. The van der Waals surface area contributed by atoms with Crippen molar-refractivity contribution in [2.24, 2.45) is 0 Å². The summed E-state index contributed by atoms with van der Waals surface area (Å²) in [6, 6.07) is 4.27. The van der Waals surface area contributed by atoms with Gasteiger partial charge in [-0.05, 0) is 31.2 Å². The van der Waals surface area contributed by atoms with Crippen molar-refractivity contribution in [1.82, 2.24) is 0 Å². The van der Waals surface area contributed by atoms with E-state index < -0.39 is 17.7 Å². The topological polar surface area (TPSA) is 38.3 Å². The van der Waals surface area contributed by atoms with Crippen LogP contribution in [0.2, 0.25) is 0 Å². The molecule has 0 aliphatic carbocycles. The maximum atomic E-state index is 12.3. The highest BCUT2D eigenvalue weighted by molar-refractivity contribution is 5.91. The largest absolute Gasteiger partial charge is 0.461 e. The maximum Gasteiger partial charge on any atom is 0.416 e. The molecule has 0 fully saturated rings. The number of esters is 1. The fourth-order valence-electron chi connectivity index (χ4n) is 1.19. The van der Waals surface area contributed by atoms with E-state index in [1.54, 1.807) is 6.92 Å². The molecule has 0 saturated carbocycles. The number of rotatable bonds is 4. The molecule has 0 atom stereocenters. The second kappa shape index (κ2) is 5.57. The number of anilines is 1. The van der Waals surface area contributed by atoms with Gasteiger partial charge in [0.2, 0.25) is 0 Å². The Morgan fingerprint density at radius 1 is 1.33 bits per heavy atom. The van der Waals surface area contributed by atoms with Gasteiger partial charge in [-0.3, -0.25) is 0 Å². The van der Waals surface area contributed by atoms with Crippen molar-refractivity contribution in [3.63, 3.8) is 0 Å². The van der Waals surface area contributed by atoms with E-state index in [0.717, 1.165) is 12.1 Å². The van der Waals surface area contributed by atoms with E-state index in [9.17, 15) is 18.0 Å². The van der Waals surface area contributed by atoms with Crippen LogP contribution in [-0.4, -0.2) is 12.6 Å². The molecule has 0 spiro atoms. The zero-order valence-electron chi connectivity index (χ0n) is 9.67. The molecule has 0 saturated heterocycles. The highest BCUT2D eigenvalue weighted by Crippen LogP contribution is 2.29. The van der Waals surface area contributed by atoms with Gasteiger partial charge in [0.15, 0.2) is 0 Å². The zero-order chi connectivity index (χ0) is 13.8. The lowest BCUT2D eigenvalue weighted by Gasteiger charge is -2.10. The highest BCUT2D eigenvalue weighted by atomic mass is 19.4. The van der Waals surface area contributed by atoms with Crippen LogP contribution in [0.15, 0.2) is 36.5 Å². The number of alkyl halides is 3. The molecule has 0 heterocycles. The van der Waals surface area contributed by atoms with Crippen LogP contribution >= 0.6 is 0 Å². The first-order valence-corrected chi connectivity index (χ1v) is 5.15. The number of nitrogens with one attached hydrogen (secondary N) is 1. The third-order valence-electron chi connectivity index (χ3n) is 2.03. The molecular weight excluding hydrogens is 247 g/mol. The zero-order valence-corrected chi connectivity index (χ0v) is 9.67. The Bertz CT molecular complexity index is 438. The SMILES string of the molecule is C=C(Nc1ccc(C(F)(F)F)cc1)C(=O)OCC. The lowest BCUT2D eigenvalue weighted by atomic mass is 10.2. The Balaban J connectivity index is 2.70. The fraction of sp³-hybridized carbons (Fsp3) is 0.250. The Morgan fingerprint density at radius 3 is 2.33 bits per heavy atom. The summed E-state index contributed by atoms with van der Waals surface area (Å²) in [7, 11) is 0. The van der Waals surface area contributed by atoms with Gasteiger partial charge in [-0.2, -0.15) is 13.2 Å². The molecule has 98 valence electrons. The van der Waals surface area contributed by atoms with Gasteiger partial charge in [-0.15, -0.1) is 0 Å². The summed E-state index contributed by atoms with van der Waals surface area (Å²) in [5.74, 6) is -0.641. The minimum Gasteiger partial charge on any atom is -0.461 e. The Labute approximate surface area is 102 Å². The minimum absolute atomic E-state index is 0.0309. The first kappa shape index (κ1) is 14.1. The molecule has 3 nitrogen and oxygen atoms in total. The molecule has 1 aromatic rings. The molecule has 0 radical (unpaired) electrons. The van der Waals surface area contributed by atoms with Crippen molar-refractivity contribution in [3.8, 4) is 0 Å². The van der Waals surface area contributed by atoms with Crippen LogP contribution in [0.4, 0.5) is 18.9 Å². The number of benzene rings is 1. The summed E-state index contributed by atoms with van der Waals surface area (Å²) in [5.41, 5.74) is -0.451. The molecule has 0 bridgehead atoms. The van der Waals surface area contributed by atoms with Crippen molar-refractivity contribution < 1.29 is 22.7 Å². The van der Waals surface area contributed by atoms with Gasteiger partial charge in [0.25, 0.3) is 0 Å². The molecule has 0 aliphatic heterocycles. The predicted octanol–water partition coefficient (Wildman–Crippen LogP) is 3.19. The number of ether oxygens (including phenoxy) is 1. The molecule has 0 aliphatic rings. The molecule has 0 aromatic heterocycles. The van der Waals surface area contributed by atoms with Gasteiger partial charge in [0, 0.05) is 5.69 Å². The quantitative estimate of drug-likeness (QED) is 0.666. The maximum absolute atomic E-state index is 12.3. The number of hydrogen-bond acceptors (Lipinski definition) is 3. The average molecular weight is 259 g/mol. The summed E-state index contributed by atoms with van der Waals surface area (Å²) in [6.45, 7) is 5.27. The van der Waals surface area contributed by atoms with Crippen LogP contribution in [0.3, 0.4) is 0 Å². The lowest BCUT2D eigenvalue weighted by molar-refractivity contribution is -0.138. The van der Waals surface area contributed by atoms with Crippen molar-refractivity contribution in [2.45, 2.75) is 13.1 Å². The van der Waals surface area contributed by atoms with Crippen molar-refractivity contribution in [2.75, 3.05) is 11.9 Å². The molecule has 1 N–H and O–H groups in total. The van der Waals surface area contributed by atoms with E-state index in [1.807, 2.05) is 0 Å². The normalized spacial score (nSPS) is 10.9. The van der Waals surface area contributed by atoms with Gasteiger partial charge in [0.1, 0.15) is 5.70 Å². The van der Waals surface area contributed by atoms with Crippen LogP contribution in [0, 0.1) is 0 Å². The third kappa shape index (κ3) is 3.80. The van der Waals surface area contributed by atoms with Gasteiger partial charge in [-0.25, -0.2) is 4.79 Å². The summed E-state index contributed by atoms with van der Waals surface area (Å²) in [4.78, 5) is 11.2. The highest BCUT2D eigenvalue weighted by Gasteiger charge is 2.29. The van der Waals surface area contributed by atoms with Crippen LogP contribution in [0.25, 0.3) is 0 Å². The van der Waals surface area contributed by atoms with Gasteiger partial charge in [0.05, 0.1) is 12.2 Å². The van der Waals surface area contributed by atoms with Crippen LogP contribution in [0.1, 0.15) is 12.5 Å². The van der Waals surface area contributed by atoms with Gasteiger partial charge in [-0.1, -0.05) is 6.58 Å². The average Bonchev–Trinajstić information content (AvgIpc) is 2.28. The number of hydrogen-bond donors (Lipinski definition) is 1. The summed E-state index contributed by atoms with van der Waals surface area (Å²) in [6.07, 6.45) is -4.38. The third-order valence-corrected chi connectivity index (χ3v) is 2.03. The molecule has 6 heteroatoms. The van der Waals surface area contributed by atoms with Crippen LogP contribution in [0.5, 0.6) is 0 Å². The second-order valence-corrected chi connectivity index (χ2v) is 3.40. The van der Waals surface area contributed by atoms with E-state index >= 15 is 0 Å². The molecular formula is C12H12F3NO2. The predicted molar refractivity (Wildman–Crippen MR) is 60.8 cm³/mol. The van der Waals surface area contributed by atoms with Crippen LogP contribution in [-0.2, 0) is 15.7 Å². The summed E-state index contributed by atoms with van der Waals surface area (Å²) < 4.78 is 41.6. The smallest absolute Gasteiger partial charge is 0.416 e. The Hall–Kier alpha value is -1.98. The van der Waals surface area contributed by atoms with E-state index in [4.69, 9.17) is 0 Å². The van der Waals surface area contributed by atoms with Gasteiger partial charge >= 0.3 is 12.1 Å². The van der Waals surface area contributed by atoms with Crippen molar-refractivity contribution in [3.05, 3.63) is 42.1 Å². The molecule has 1 aromatic carbocycles. The standard InChI is InChI=1S/C12H12F3NO2/c1-3-18-11(17)8(2)16-10-6-4-9(5-7-10)12(13,14)15/h4-7,16H,2-3H2,1H3. The summed E-state index contributed by atoms with van der Waals surface area (Å²) in [5, 5.41) is 2.57. The van der Waals surface area contributed by atoms with E-state index in [-0.39, 0.29) is 12.3 Å². The minimum atomic E-state index is -4.38. The number of carbonyl (C=O) groups excluding carboxylic acids is 1. The number of halogens is 3. The van der Waals surface area contributed by atoms with Crippen LogP contribution < -0.4 is 5.32 Å². The number of carbonyl (C=O) groups is 1. The van der Waals surface area contributed by atoms with Crippen molar-refractivity contribution >= 4 is 11.7 Å². The molecule has 0 amide bonds. The molecule has 1 rings (SSSR count). The Kier molecular flexibility index (Phi) is 4.36. The molecule has 0 unspecified atom stereocenters. The fourth-order valence-corrected chi connectivity index (χ4v) is 1.19. The summed E-state index contributed by atoms with van der Waals surface area (Å²) >= 11 is 0. The Morgan fingerprint density at radius 2 is 1.89 bits per heavy atom.